The second kappa shape index (κ2) is 13.0. The zero-order chi connectivity index (χ0) is 25.3. The molecule has 1 fully saturated rings. The van der Waals surface area contributed by atoms with E-state index in [4.69, 9.17) is 5.11 Å². The Morgan fingerprint density at radius 3 is 2.20 bits per heavy atom. The summed E-state index contributed by atoms with van der Waals surface area (Å²) >= 11 is 0. The Kier molecular flexibility index (Phi) is 10.0. The van der Waals surface area contributed by atoms with Gasteiger partial charge in [0, 0.05) is 13.1 Å². The normalized spacial score (nSPS) is 15.6. The minimum absolute atomic E-state index is 0.0369. The lowest BCUT2D eigenvalue weighted by Crippen LogP contribution is -2.50. The van der Waals surface area contributed by atoms with E-state index in [0.717, 1.165) is 48.8 Å². The van der Waals surface area contributed by atoms with Crippen molar-refractivity contribution < 1.29 is 29.0 Å². The molecule has 1 amide bonds. The zero-order valence-corrected chi connectivity index (χ0v) is 20.8. The smallest absolute Gasteiger partial charge is 0.339 e. The van der Waals surface area contributed by atoms with Crippen LogP contribution in [0.15, 0.2) is 54.6 Å². The molecule has 1 aliphatic carbocycles. The molecule has 9 heteroatoms. The lowest BCUT2D eigenvalue weighted by atomic mass is 9.88. The SMILES string of the molecule is O=C(O)CCNC(=O)C(Cc1ccc(-c2ccccc2)cc1)N(CC1CCCCC1)CP(=O)(O)O. The van der Waals surface area contributed by atoms with Crippen LogP contribution in [-0.2, 0) is 20.6 Å². The molecule has 1 atom stereocenters. The summed E-state index contributed by atoms with van der Waals surface area (Å²) in [5.74, 6) is -1.17. The number of aliphatic carboxylic acids is 1. The van der Waals surface area contributed by atoms with Crippen LogP contribution >= 0.6 is 7.60 Å². The van der Waals surface area contributed by atoms with E-state index >= 15 is 0 Å². The predicted octanol–water partition coefficient (Wildman–Crippen LogP) is 3.87. The molecule has 0 aliphatic heterocycles. The van der Waals surface area contributed by atoms with Gasteiger partial charge < -0.3 is 20.2 Å². The van der Waals surface area contributed by atoms with Crippen molar-refractivity contribution in [2.45, 2.75) is 51.0 Å². The molecule has 1 unspecified atom stereocenters. The minimum atomic E-state index is -4.43. The summed E-state index contributed by atoms with van der Waals surface area (Å²) in [7, 11) is -4.43. The average Bonchev–Trinajstić information content (AvgIpc) is 2.82. The third-order valence-corrected chi connectivity index (χ3v) is 7.19. The molecule has 1 saturated carbocycles. The monoisotopic (exact) mass is 502 g/mol. The third kappa shape index (κ3) is 9.22. The van der Waals surface area contributed by atoms with Gasteiger partial charge >= 0.3 is 13.6 Å². The highest BCUT2D eigenvalue weighted by Crippen LogP contribution is 2.37. The number of hydrogen-bond acceptors (Lipinski definition) is 4. The van der Waals surface area contributed by atoms with Gasteiger partial charge in [-0.2, -0.15) is 0 Å². The molecule has 1 aliphatic rings. The van der Waals surface area contributed by atoms with Crippen molar-refractivity contribution in [3.8, 4) is 11.1 Å². The Balaban J connectivity index is 1.82. The first-order chi connectivity index (χ1) is 16.7. The van der Waals surface area contributed by atoms with Gasteiger partial charge in [-0.25, -0.2) is 0 Å². The quantitative estimate of drug-likeness (QED) is 0.325. The second-order valence-electron chi connectivity index (χ2n) is 9.30. The lowest BCUT2D eigenvalue weighted by Gasteiger charge is -2.35. The number of rotatable bonds is 12. The maximum absolute atomic E-state index is 13.2. The molecule has 2 aromatic carbocycles. The molecular weight excluding hydrogens is 467 g/mol. The highest BCUT2D eigenvalue weighted by molar-refractivity contribution is 7.51. The van der Waals surface area contributed by atoms with Crippen molar-refractivity contribution in [1.82, 2.24) is 10.2 Å². The standard InChI is InChI=1S/C26H35N2O6P/c29-25(30)15-16-27-26(31)24(28(19-35(32,33)34)18-21-7-3-1-4-8-21)17-20-11-13-23(14-12-20)22-9-5-2-6-10-22/h2,5-6,9-14,21,24H,1,3-4,7-8,15-19H2,(H,27,31)(H,29,30)(H2,32,33,34). The number of carboxylic acid groups (broad SMARTS) is 1. The van der Waals surface area contributed by atoms with Gasteiger partial charge in [-0.1, -0.05) is 73.9 Å². The highest BCUT2D eigenvalue weighted by Gasteiger charge is 2.33. The molecule has 3 rings (SSSR count). The Hall–Kier alpha value is -2.51. The van der Waals surface area contributed by atoms with Gasteiger partial charge in [0.2, 0.25) is 5.91 Å². The lowest BCUT2D eigenvalue weighted by molar-refractivity contribution is -0.137. The van der Waals surface area contributed by atoms with Crippen LogP contribution in [0, 0.1) is 5.92 Å². The first-order valence-electron chi connectivity index (χ1n) is 12.1. The van der Waals surface area contributed by atoms with Crippen LogP contribution < -0.4 is 5.32 Å². The summed E-state index contributed by atoms with van der Waals surface area (Å²) in [6.07, 6.45) is 4.78. The number of nitrogens with zero attached hydrogens (tertiary/aromatic N) is 1. The van der Waals surface area contributed by atoms with Crippen molar-refractivity contribution in [1.29, 1.82) is 0 Å². The van der Waals surface area contributed by atoms with Crippen molar-refractivity contribution in [3.63, 3.8) is 0 Å². The molecule has 0 bridgehead atoms. The molecule has 0 aromatic heterocycles. The Morgan fingerprint density at radius 2 is 1.60 bits per heavy atom. The molecule has 35 heavy (non-hydrogen) atoms. The van der Waals surface area contributed by atoms with Crippen LogP contribution in [0.4, 0.5) is 0 Å². The number of carboxylic acids is 1. The van der Waals surface area contributed by atoms with Crippen LogP contribution in [0.3, 0.4) is 0 Å². The number of carbonyl (C=O) groups is 2. The molecule has 2 aromatic rings. The summed E-state index contributed by atoms with van der Waals surface area (Å²) in [6.45, 7) is 0.384. The molecule has 0 spiro atoms. The van der Waals surface area contributed by atoms with Crippen LogP contribution in [-0.4, -0.2) is 57.1 Å². The van der Waals surface area contributed by atoms with Crippen molar-refractivity contribution in [2.24, 2.45) is 5.92 Å². The molecule has 0 heterocycles. The molecule has 0 radical (unpaired) electrons. The van der Waals surface area contributed by atoms with E-state index in [1.54, 1.807) is 4.90 Å². The third-order valence-electron chi connectivity index (χ3n) is 6.45. The van der Waals surface area contributed by atoms with Gasteiger partial charge in [0.05, 0.1) is 12.5 Å². The topological polar surface area (TPSA) is 127 Å². The summed E-state index contributed by atoms with van der Waals surface area (Å²) in [4.78, 5) is 45.3. The van der Waals surface area contributed by atoms with E-state index in [-0.39, 0.29) is 25.3 Å². The fourth-order valence-corrected chi connectivity index (χ4v) is 5.49. The summed E-state index contributed by atoms with van der Waals surface area (Å²) in [6, 6.07) is 16.9. The largest absolute Gasteiger partial charge is 0.481 e. The predicted molar refractivity (Wildman–Crippen MR) is 135 cm³/mol. The van der Waals surface area contributed by atoms with E-state index < -0.39 is 31.8 Å². The fourth-order valence-electron chi connectivity index (χ4n) is 4.71. The first-order valence-corrected chi connectivity index (χ1v) is 13.9. The van der Waals surface area contributed by atoms with Gasteiger partial charge in [0.15, 0.2) is 0 Å². The number of carbonyl (C=O) groups excluding carboxylic acids is 1. The number of hydrogen-bond donors (Lipinski definition) is 4. The second-order valence-corrected chi connectivity index (χ2v) is 10.9. The van der Waals surface area contributed by atoms with Gasteiger partial charge in [0.1, 0.15) is 6.29 Å². The van der Waals surface area contributed by atoms with E-state index in [1.807, 2.05) is 54.6 Å². The van der Waals surface area contributed by atoms with E-state index in [2.05, 4.69) is 5.32 Å². The van der Waals surface area contributed by atoms with Crippen LogP contribution in [0.25, 0.3) is 11.1 Å². The van der Waals surface area contributed by atoms with Crippen molar-refractivity contribution >= 4 is 19.5 Å². The van der Waals surface area contributed by atoms with Gasteiger partial charge in [-0.3, -0.25) is 19.1 Å². The van der Waals surface area contributed by atoms with Gasteiger partial charge in [-0.05, 0) is 41.9 Å². The Bertz CT molecular complexity index is 1000. The Morgan fingerprint density at radius 1 is 0.971 bits per heavy atom. The van der Waals surface area contributed by atoms with Crippen molar-refractivity contribution in [3.05, 3.63) is 60.2 Å². The molecule has 4 N–H and O–H groups in total. The molecule has 190 valence electrons. The number of benzene rings is 2. The minimum Gasteiger partial charge on any atom is -0.481 e. The zero-order valence-electron chi connectivity index (χ0n) is 19.9. The summed E-state index contributed by atoms with van der Waals surface area (Å²) in [5.41, 5.74) is 2.97. The van der Waals surface area contributed by atoms with Gasteiger partial charge in [0.25, 0.3) is 0 Å². The van der Waals surface area contributed by atoms with E-state index in [9.17, 15) is 23.9 Å². The fraction of sp³-hybridized carbons (Fsp3) is 0.462. The summed E-state index contributed by atoms with van der Waals surface area (Å²) in [5, 5.41) is 11.6. The maximum Gasteiger partial charge on any atom is 0.339 e. The summed E-state index contributed by atoms with van der Waals surface area (Å²) < 4.78 is 12.0. The molecular formula is C26H35N2O6P. The highest BCUT2D eigenvalue weighted by atomic mass is 31.2. The first kappa shape index (κ1) is 27.1. The number of amides is 1. The van der Waals surface area contributed by atoms with E-state index in [0.29, 0.717) is 6.54 Å². The van der Waals surface area contributed by atoms with Crippen LogP contribution in [0.1, 0.15) is 44.1 Å². The van der Waals surface area contributed by atoms with E-state index in [1.165, 1.54) is 0 Å². The molecule has 8 nitrogen and oxygen atoms in total. The molecule has 0 saturated heterocycles. The van der Waals surface area contributed by atoms with Gasteiger partial charge in [-0.15, -0.1) is 0 Å². The van der Waals surface area contributed by atoms with Crippen molar-refractivity contribution in [2.75, 3.05) is 19.4 Å². The maximum atomic E-state index is 13.2. The Labute approximate surface area is 206 Å². The average molecular weight is 503 g/mol. The number of nitrogens with one attached hydrogen (secondary N) is 1. The van der Waals surface area contributed by atoms with Crippen LogP contribution in [0.5, 0.6) is 0 Å². The van der Waals surface area contributed by atoms with Crippen LogP contribution in [0.2, 0.25) is 0 Å².